The quantitative estimate of drug-likeness (QED) is 0.773. The zero-order chi connectivity index (χ0) is 14.9. The second kappa shape index (κ2) is 8.46. The molecule has 0 unspecified atom stereocenters. The topological polar surface area (TPSA) is 38.3 Å². The normalized spacial score (nSPS) is 10.5. The molecule has 0 saturated carbocycles. The molecule has 1 N–H and O–H groups in total. The van der Waals surface area contributed by atoms with Gasteiger partial charge in [0.15, 0.2) is 0 Å². The molecule has 2 aromatic rings. The first kappa shape index (κ1) is 15.6. The summed E-state index contributed by atoms with van der Waals surface area (Å²) in [4.78, 5) is 11.5. The Kier molecular flexibility index (Phi) is 6.27. The number of ether oxygens (including phenoxy) is 1. The van der Waals surface area contributed by atoms with Crippen molar-refractivity contribution in [2.24, 2.45) is 0 Å². The van der Waals surface area contributed by atoms with Gasteiger partial charge in [-0.3, -0.25) is 0 Å². The van der Waals surface area contributed by atoms with Gasteiger partial charge in [0.25, 0.3) is 0 Å². The van der Waals surface area contributed by atoms with Crippen LogP contribution >= 0.6 is 22.6 Å². The van der Waals surface area contributed by atoms with Gasteiger partial charge in [-0.2, -0.15) is 0 Å². The number of hydrogen-bond donors (Lipinski definition) is 1. The minimum absolute atomic E-state index is 0.285. The molecule has 108 valence electrons. The van der Waals surface area contributed by atoms with Gasteiger partial charge >= 0.3 is 6.09 Å². The van der Waals surface area contributed by atoms with Crippen LogP contribution in [0.2, 0.25) is 0 Å². The molecule has 2 aromatic carbocycles. The van der Waals surface area contributed by atoms with Crippen LogP contribution in [0.15, 0.2) is 60.7 Å². The van der Waals surface area contributed by atoms with Crippen LogP contribution in [0.4, 0.5) is 4.79 Å². The fraction of sp³-hybridized carbons (Fsp3) is 0.118. The van der Waals surface area contributed by atoms with Crippen LogP contribution in [0.5, 0.6) is 0 Å². The number of alkyl carbamates (subject to hydrolysis) is 1. The third-order valence-corrected chi connectivity index (χ3v) is 3.76. The fourth-order valence-electron chi connectivity index (χ4n) is 1.71. The summed E-state index contributed by atoms with van der Waals surface area (Å²) in [6.07, 6.45) is 3.48. The van der Waals surface area contributed by atoms with E-state index < -0.39 is 6.09 Å². The standard InChI is InChI=1S/C17H16INO2/c18-16-11-5-4-9-15(16)10-6-12-19-17(20)21-13-14-7-2-1-3-8-14/h1-11H,12-13H2,(H,19,20). The average molecular weight is 393 g/mol. The molecule has 0 saturated heterocycles. The lowest BCUT2D eigenvalue weighted by molar-refractivity contribution is 0.141. The average Bonchev–Trinajstić information content (AvgIpc) is 2.52. The van der Waals surface area contributed by atoms with E-state index in [4.69, 9.17) is 4.74 Å². The number of carbonyl (C=O) groups excluding carboxylic acids is 1. The Morgan fingerprint density at radius 2 is 1.81 bits per heavy atom. The number of amides is 1. The molecule has 0 radical (unpaired) electrons. The number of nitrogens with one attached hydrogen (secondary N) is 1. The summed E-state index contributed by atoms with van der Waals surface area (Å²) < 4.78 is 6.30. The molecule has 0 aliphatic rings. The van der Waals surface area contributed by atoms with Crippen molar-refractivity contribution in [2.45, 2.75) is 6.61 Å². The molecule has 0 aliphatic carbocycles. The van der Waals surface area contributed by atoms with Crippen LogP contribution < -0.4 is 5.32 Å². The van der Waals surface area contributed by atoms with Crippen molar-refractivity contribution in [3.63, 3.8) is 0 Å². The van der Waals surface area contributed by atoms with E-state index in [1.54, 1.807) is 0 Å². The third kappa shape index (κ3) is 5.59. The highest BCUT2D eigenvalue weighted by Gasteiger charge is 2.00. The number of rotatable bonds is 5. The minimum atomic E-state index is -0.411. The van der Waals surface area contributed by atoms with Gasteiger partial charge in [-0.15, -0.1) is 0 Å². The van der Waals surface area contributed by atoms with Crippen molar-refractivity contribution in [3.8, 4) is 0 Å². The molecule has 1 amide bonds. The first-order chi connectivity index (χ1) is 10.3. The molecule has 21 heavy (non-hydrogen) atoms. The molecular weight excluding hydrogens is 377 g/mol. The van der Waals surface area contributed by atoms with Gasteiger partial charge in [0.1, 0.15) is 6.61 Å². The summed E-state index contributed by atoms with van der Waals surface area (Å²) >= 11 is 2.28. The summed E-state index contributed by atoms with van der Waals surface area (Å²) in [5, 5.41) is 2.69. The molecule has 0 fully saturated rings. The number of benzene rings is 2. The van der Waals surface area contributed by atoms with Crippen molar-refractivity contribution in [3.05, 3.63) is 75.4 Å². The van der Waals surface area contributed by atoms with E-state index >= 15 is 0 Å². The largest absolute Gasteiger partial charge is 0.445 e. The predicted octanol–water partition coefficient (Wildman–Crippen LogP) is 4.23. The van der Waals surface area contributed by atoms with Crippen molar-refractivity contribution in [2.75, 3.05) is 6.54 Å². The lowest BCUT2D eigenvalue weighted by atomic mass is 10.2. The second-order valence-electron chi connectivity index (χ2n) is 4.37. The molecule has 4 heteroatoms. The molecule has 0 aliphatic heterocycles. The maximum atomic E-state index is 11.5. The van der Waals surface area contributed by atoms with Crippen LogP contribution in [0.3, 0.4) is 0 Å². The van der Waals surface area contributed by atoms with E-state index in [0.717, 1.165) is 11.1 Å². The van der Waals surface area contributed by atoms with Crippen molar-refractivity contribution >= 4 is 34.8 Å². The molecular formula is C17H16INO2. The third-order valence-electron chi connectivity index (χ3n) is 2.78. The lowest BCUT2D eigenvalue weighted by Gasteiger charge is -2.05. The Morgan fingerprint density at radius 1 is 1.10 bits per heavy atom. The van der Waals surface area contributed by atoms with E-state index in [-0.39, 0.29) is 6.61 Å². The summed E-state index contributed by atoms with van der Waals surface area (Å²) in [6, 6.07) is 17.7. The molecule has 0 bridgehead atoms. The van der Waals surface area contributed by atoms with E-state index in [1.807, 2.05) is 66.7 Å². The van der Waals surface area contributed by atoms with Gasteiger partial charge < -0.3 is 10.1 Å². The zero-order valence-electron chi connectivity index (χ0n) is 11.5. The van der Waals surface area contributed by atoms with Gasteiger partial charge in [-0.05, 0) is 39.8 Å². The van der Waals surface area contributed by atoms with E-state index in [2.05, 4.69) is 27.9 Å². The Morgan fingerprint density at radius 3 is 2.57 bits per heavy atom. The maximum absolute atomic E-state index is 11.5. The highest BCUT2D eigenvalue weighted by atomic mass is 127. The maximum Gasteiger partial charge on any atom is 0.407 e. The van der Waals surface area contributed by atoms with Crippen LogP contribution in [-0.2, 0) is 11.3 Å². The highest BCUT2D eigenvalue weighted by molar-refractivity contribution is 14.1. The number of carbonyl (C=O) groups is 1. The van der Waals surface area contributed by atoms with Crippen molar-refractivity contribution in [1.82, 2.24) is 5.32 Å². The minimum Gasteiger partial charge on any atom is -0.445 e. The van der Waals surface area contributed by atoms with E-state index in [1.165, 1.54) is 3.57 Å². The van der Waals surface area contributed by atoms with Crippen LogP contribution in [-0.4, -0.2) is 12.6 Å². The molecule has 2 rings (SSSR count). The van der Waals surface area contributed by atoms with Gasteiger partial charge in [-0.1, -0.05) is 60.7 Å². The van der Waals surface area contributed by atoms with Crippen molar-refractivity contribution in [1.29, 1.82) is 0 Å². The molecule has 0 aromatic heterocycles. The number of halogens is 1. The molecule has 0 atom stereocenters. The Balaban J connectivity index is 1.71. The molecule has 0 spiro atoms. The fourth-order valence-corrected chi connectivity index (χ4v) is 2.28. The predicted molar refractivity (Wildman–Crippen MR) is 92.8 cm³/mol. The smallest absolute Gasteiger partial charge is 0.407 e. The number of hydrogen-bond acceptors (Lipinski definition) is 2. The first-order valence-electron chi connectivity index (χ1n) is 6.61. The Hall–Kier alpha value is -1.82. The Labute approximate surface area is 138 Å². The monoisotopic (exact) mass is 393 g/mol. The summed E-state index contributed by atoms with van der Waals surface area (Å²) in [5.74, 6) is 0. The summed E-state index contributed by atoms with van der Waals surface area (Å²) in [7, 11) is 0. The van der Waals surface area contributed by atoms with Crippen LogP contribution in [0, 0.1) is 3.57 Å². The van der Waals surface area contributed by atoms with Gasteiger partial charge in [0, 0.05) is 10.1 Å². The Bertz CT molecular complexity index is 611. The first-order valence-corrected chi connectivity index (χ1v) is 7.69. The van der Waals surface area contributed by atoms with E-state index in [9.17, 15) is 4.79 Å². The summed E-state index contributed by atoms with van der Waals surface area (Å²) in [5.41, 5.74) is 2.11. The zero-order valence-corrected chi connectivity index (χ0v) is 13.6. The van der Waals surface area contributed by atoms with Gasteiger partial charge in [0.2, 0.25) is 0 Å². The molecule has 0 heterocycles. The van der Waals surface area contributed by atoms with Crippen LogP contribution in [0.1, 0.15) is 11.1 Å². The van der Waals surface area contributed by atoms with Gasteiger partial charge in [-0.25, -0.2) is 4.79 Å². The van der Waals surface area contributed by atoms with Crippen LogP contribution in [0.25, 0.3) is 6.08 Å². The van der Waals surface area contributed by atoms with E-state index in [0.29, 0.717) is 6.54 Å². The highest BCUT2D eigenvalue weighted by Crippen LogP contribution is 2.12. The van der Waals surface area contributed by atoms with Crippen molar-refractivity contribution < 1.29 is 9.53 Å². The lowest BCUT2D eigenvalue weighted by Crippen LogP contribution is -2.24. The van der Waals surface area contributed by atoms with Gasteiger partial charge in [0.05, 0.1) is 0 Å². The second-order valence-corrected chi connectivity index (χ2v) is 5.53. The molecule has 3 nitrogen and oxygen atoms in total. The SMILES string of the molecule is O=C(NCC=Cc1ccccc1I)OCc1ccccc1. The summed E-state index contributed by atoms with van der Waals surface area (Å²) in [6.45, 7) is 0.728.